The number of ether oxygens (including phenoxy) is 1. The maximum Gasteiger partial charge on any atom is 0.387 e. The predicted molar refractivity (Wildman–Crippen MR) is 79.9 cm³/mol. The summed E-state index contributed by atoms with van der Waals surface area (Å²) in [6, 6.07) is 5.49. The minimum atomic E-state index is -2.90. The Kier molecular flexibility index (Phi) is 5.51. The molecule has 9 heteroatoms. The van der Waals surface area contributed by atoms with E-state index in [-0.39, 0.29) is 16.5 Å². The molecule has 0 bridgehead atoms. The number of nitrogens with zero attached hydrogens (tertiary/aromatic N) is 2. The van der Waals surface area contributed by atoms with Gasteiger partial charge in [0.05, 0.1) is 11.2 Å². The van der Waals surface area contributed by atoms with Crippen molar-refractivity contribution in [1.29, 1.82) is 0 Å². The first-order valence-electron chi connectivity index (χ1n) is 5.92. The number of benzene rings is 1. The molecule has 1 N–H and O–H groups in total. The zero-order valence-electron chi connectivity index (χ0n) is 11.2. The van der Waals surface area contributed by atoms with Gasteiger partial charge in [0, 0.05) is 5.69 Å². The fourth-order valence-electron chi connectivity index (χ4n) is 1.52. The minimum absolute atomic E-state index is 0.00210. The quantitative estimate of drug-likeness (QED) is 0.661. The van der Waals surface area contributed by atoms with Gasteiger partial charge in [-0.05, 0) is 30.5 Å². The van der Waals surface area contributed by atoms with Crippen molar-refractivity contribution in [2.75, 3.05) is 11.6 Å². The van der Waals surface area contributed by atoms with E-state index in [1.807, 2.05) is 0 Å². The second kappa shape index (κ2) is 7.37. The second-order valence-corrected chi connectivity index (χ2v) is 5.09. The molecule has 1 aromatic heterocycles. The first kappa shape index (κ1) is 16.4. The molecule has 2 aromatic rings. The third-order valence-corrected chi connectivity index (χ3v) is 3.30. The maximum atomic E-state index is 12.1. The summed E-state index contributed by atoms with van der Waals surface area (Å²) in [5.74, 6) is -0.525. The average molecular weight is 346 g/mol. The molecule has 0 aliphatic rings. The lowest BCUT2D eigenvalue weighted by Crippen LogP contribution is -2.15. The highest BCUT2D eigenvalue weighted by Crippen LogP contribution is 2.20. The Labute approximate surface area is 134 Å². The van der Waals surface area contributed by atoms with Gasteiger partial charge in [-0.3, -0.25) is 4.79 Å². The number of hydrogen-bond donors (Lipinski definition) is 1. The third-order valence-electron chi connectivity index (χ3n) is 2.46. The lowest BCUT2D eigenvalue weighted by molar-refractivity contribution is -0.0498. The number of amides is 1. The molecule has 1 heterocycles. The van der Waals surface area contributed by atoms with Crippen molar-refractivity contribution in [3.05, 3.63) is 41.2 Å². The Morgan fingerprint density at radius 2 is 2.05 bits per heavy atom. The number of hydrogen-bond acceptors (Lipinski definition) is 5. The van der Waals surface area contributed by atoms with Crippen molar-refractivity contribution in [3.63, 3.8) is 0 Å². The van der Waals surface area contributed by atoms with Gasteiger partial charge in [-0.15, -0.1) is 0 Å². The van der Waals surface area contributed by atoms with Crippen LogP contribution in [-0.4, -0.2) is 28.7 Å². The van der Waals surface area contributed by atoms with Crippen LogP contribution in [-0.2, 0) is 0 Å². The zero-order valence-corrected chi connectivity index (χ0v) is 12.8. The highest BCUT2D eigenvalue weighted by atomic mass is 35.5. The predicted octanol–water partition coefficient (Wildman–Crippen LogP) is 3.71. The van der Waals surface area contributed by atoms with Crippen LogP contribution in [0.5, 0.6) is 5.75 Å². The van der Waals surface area contributed by atoms with Gasteiger partial charge in [-0.1, -0.05) is 23.4 Å². The first-order chi connectivity index (χ1) is 10.5. The summed E-state index contributed by atoms with van der Waals surface area (Å²) in [6.07, 6.45) is 3.11. The van der Waals surface area contributed by atoms with Crippen molar-refractivity contribution in [2.24, 2.45) is 0 Å². The smallest absolute Gasteiger partial charge is 0.387 e. The van der Waals surface area contributed by atoms with Crippen LogP contribution in [0.25, 0.3) is 0 Å². The van der Waals surface area contributed by atoms with Crippen LogP contribution in [0.3, 0.4) is 0 Å². The third kappa shape index (κ3) is 4.28. The van der Waals surface area contributed by atoms with E-state index < -0.39 is 12.5 Å². The molecule has 0 saturated carbocycles. The Morgan fingerprint density at radius 3 is 2.64 bits per heavy atom. The summed E-state index contributed by atoms with van der Waals surface area (Å²) in [6.45, 7) is -2.90. The van der Waals surface area contributed by atoms with E-state index >= 15 is 0 Å². The van der Waals surface area contributed by atoms with Crippen LogP contribution in [0.2, 0.25) is 5.02 Å². The van der Waals surface area contributed by atoms with E-state index in [0.717, 1.165) is 0 Å². The number of anilines is 1. The molecular formula is C13H10ClF2N3O2S. The van der Waals surface area contributed by atoms with Crippen LogP contribution in [0.4, 0.5) is 14.5 Å². The number of thioether (sulfide) groups is 1. The standard InChI is InChI=1S/C13H10ClF2N3O2S/c1-22-13-17-6-9(14)10(19-13)11(20)18-7-2-4-8(5-3-7)21-12(15)16/h2-6,12H,1H3,(H,18,20). The number of nitrogens with one attached hydrogen (secondary N) is 1. The van der Waals surface area contributed by atoms with Crippen LogP contribution < -0.4 is 10.1 Å². The summed E-state index contributed by atoms with van der Waals surface area (Å²) in [7, 11) is 0. The van der Waals surface area contributed by atoms with Crippen molar-refractivity contribution >= 4 is 35.0 Å². The highest BCUT2D eigenvalue weighted by molar-refractivity contribution is 7.98. The summed E-state index contributed by atoms with van der Waals surface area (Å²) in [4.78, 5) is 20.1. The Bertz CT molecular complexity index is 671. The van der Waals surface area contributed by atoms with Crippen molar-refractivity contribution in [3.8, 4) is 5.75 Å². The lowest BCUT2D eigenvalue weighted by Gasteiger charge is -2.08. The van der Waals surface area contributed by atoms with E-state index in [1.165, 1.54) is 42.2 Å². The molecule has 116 valence electrons. The number of alkyl halides is 2. The molecule has 0 fully saturated rings. The zero-order chi connectivity index (χ0) is 16.1. The van der Waals surface area contributed by atoms with Crippen LogP contribution in [0.15, 0.2) is 35.6 Å². The van der Waals surface area contributed by atoms with E-state index in [0.29, 0.717) is 10.8 Å². The molecule has 0 unspecified atom stereocenters. The Hall–Kier alpha value is -1.93. The molecule has 22 heavy (non-hydrogen) atoms. The minimum Gasteiger partial charge on any atom is -0.435 e. The number of carbonyl (C=O) groups excluding carboxylic acids is 1. The van der Waals surface area contributed by atoms with E-state index in [2.05, 4.69) is 20.0 Å². The van der Waals surface area contributed by atoms with E-state index in [9.17, 15) is 13.6 Å². The normalized spacial score (nSPS) is 10.6. The molecule has 1 aromatic carbocycles. The van der Waals surface area contributed by atoms with Gasteiger partial charge in [0.15, 0.2) is 10.9 Å². The van der Waals surface area contributed by atoms with Crippen LogP contribution in [0.1, 0.15) is 10.5 Å². The van der Waals surface area contributed by atoms with Crippen LogP contribution >= 0.6 is 23.4 Å². The topological polar surface area (TPSA) is 64.1 Å². The molecule has 0 atom stereocenters. The number of aromatic nitrogens is 2. The number of halogens is 3. The molecular weight excluding hydrogens is 336 g/mol. The fraction of sp³-hybridized carbons (Fsp3) is 0.154. The van der Waals surface area contributed by atoms with Crippen LogP contribution in [0, 0.1) is 0 Å². The number of carbonyl (C=O) groups is 1. The summed E-state index contributed by atoms with van der Waals surface area (Å²) in [5, 5.41) is 3.10. The van der Waals surface area contributed by atoms with E-state index in [4.69, 9.17) is 11.6 Å². The van der Waals surface area contributed by atoms with Gasteiger partial charge in [0.1, 0.15) is 5.75 Å². The molecule has 0 saturated heterocycles. The Morgan fingerprint density at radius 1 is 1.36 bits per heavy atom. The SMILES string of the molecule is CSc1ncc(Cl)c(C(=O)Nc2ccc(OC(F)F)cc2)n1. The molecule has 0 radical (unpaired) electrons. The average Bonchev–Trinajstić information content (AvgIpc) is 2.49. The second-order valence-electron chi connectivity index (χ2n) is 3.91. The maximum absolute atomic E-state index is 12.1. The molecule has 1 amide bonds. The molecule has 5 nitrogen and oxygen atoms in total. The molecule has 0 spiro atoms. The molecule has 2 rings (SSSR count). The molecule has 0 aliphatic carbocycles. The van der Waals surface area contributed by atoms with Gasteiger partial charge in [-0.25, -0.2) is 9.97 Å². The van der Waals surface area contributed by atoms with Crippen molar-refractivity contribution in [2.45, 2.75) is 11.8 Å². The van der Waals surface area contributed by atoms with Gasteiger partial charge in [0.2, 0.25) is 0 Å². The summed E-state index contributed by atoms with van der Waals surface area (Å²) < 4.78 is 28.3. The lowest BCUT2D eigenvalue weighted by atomic mass is 10.3. The van der Waals surface area contributed by atoms with Gasteiger partial charge >= 0.3 is 6.61 Å². The van der Waals surface area contributed by atoms with Crippen molar-refractivity contribution < 1.29 is 18.3 Å². The summed E-state index contributed by atoms with van der Waals surface area (Å²) in [5.41, 5.74) is 0.431. The van der Waals surface area contributed by atoms with Gasteiger partial charge in [0.25, 0.3) is 5.91 Å². The number of rotatable bonds is 5. The summed E-state index contributed by atoms with van der Waals surface area (Å²) >= 11 is 7.17. The highest BCUT2D eigenvalue weighted by Gasteiger charge is 2.14. The van der Waals surface area contributed by atoms with Crippen molar-refractivity contribution in [1.82, 2.24) is 9.97 Å². The van der Waals surface area contributed by atoms with Gasteiger partial charge in [-0.2, -0.15) is 8.78 Å². The fourth-order valence-corrected chi connectivity index (χ4v) is 2.04. The largest absolute Gasteiger partial charge is 0.435 e. The Balaban J connectivity index is 2.11. The molecule has 0 aliphatic heterocycles. The van der Waals surface area contributed by atoms with E-state index in [1.54, 1.807) is 6.26 Å². The first-order valence-corrected chi connectivity index (χ1v) is 7.52. The monoisotopic (exact) mass is 345 g/mol. The van der Waals surface area contributed by atoms with Gasteiger partial charge < -0.3 is 10.1 Å².